The number of nitrogens with zero attached hydrogens (tertiary/aromatic N) is 1. The summed E-state index contributed by atoms with van der Waals surface area (Å²) in [4.78, 5) is 0. The van der Waals surface area contributed by atoms with E-state index in [1.807, 2.05) is 0 Å². The molecule has 1 aliphatic carbocycles. The van der Waals surface area contributed by atoms with Gasteiger partial charge in [-0.05, 0) is 34.8 Å². The van der Waals surface area contributed by atoms with Crippen molar-refractivity contribution < 1.29 is 0 Å². The second kappa shape index (κ2) is 3.84. The normalized spacial score (nSPS) is 17.4. The van der Waals surface area contributed by atoms with Crippen molar-refractivity contribution in [3.8, 4) is 0 Å². The van der Waals surface area contributed by atoms with Gasteiger partial charge in [0, 0.05) is 36.0 Å². The SMILES string of the molecule is Cn1cc(Br)cc1CNC1CCC1. The second-order valence-corrected chi connectivity index (χ2v) is 4.68. The third-order valence-corrected chi connectivity index (χ3v) is 3.19. The van der Waals surface area contributed by atoms with Crippen LogP contribution in [0.2, 0.25) is 0 Å². The number of nitrogens with one attached hydrogen (secondary N) is 1. The van der Waals surface area contributed by atoms with Crippen molar-refractivity contribution in [3.05, 3.63) is 22.4 Å². The first kappa shape index (κ1) is 9.28. The summed E-state index contributed by atoms with van der Waals surface area (Å²) in [5, 5.41) is 3.55. The molecule has 0 saturated heterocycles. The topological polar surface area (TPSA) is 17.0 Å². The monoisotopic (exact) mass is 242 g/mol. The smallest absolute Gasteiger partial charge is 0.0361 e. The minimum Gasteiger partial charge on any atom is -0.352 e. The molecule has 0 amide bonds. The van der Waals surface area contributed by atoms with Crippen LogP contribution < -0.4 is 5.32 Å². The van der Waals surface area contributed by atoms with Gasteiger partial charge in [-0.1, -0.05) is 6.42 Å². The van der Waals surface area contributed by atoms with Crippen LogP contribution in [0.15, 0.2) is 16.7 Å². The highest BCUT2D eigenvalue weighted by Gasteiger charge is 2.16. The van der Waals surface area contributed by atoms with Crippen LogP contribution >= 0.6 is 15.9 Å². The summed E-state index contributed by atoms with van der Waals surface area (Å²) in [5.41, 5.74) is 1.35. The first-order valence-corrected chi connectivity index (χ1v) is 5.59. The Balaban J connectivity index is 1.89. The third kappa shape index (κ3) is 2.15. The Labute approximate surface area is 87.5 Å². The first-order chi connectivity index (χ1) is 6.25. The van der Waals surface area contributed by atoms with Gasteiger partial charge in [-0.2, -0.15) is 0 Å². The van der Waals surface area contributed by atoms with E-state index in [4.69, 9.17) is 0 Å². The van der Waals surface area contributed by atoms with Gasteiger partial charge in [0.15, 0.2) is 0 Å². The molecule has 0 spiro atoms. The summed E-state index contributed by atoms with van der Waals surface area (Å²) in [6.07, 6.45) is 6.20. The number of hydrogen-bond acceptors (Lipinski definition) is 1. The number of rotatable bonds is 3. The molecule has 0 bridgehead atoms. The average Bonchev–Trinajstić information content (AvgIpc) is 2.27. The molecule has 0 aromatic carbocycles. The lowest BCUT2D eigenvalue weighted by atomic mass is 9.93. The number of hydrogen-bond donors (Lipinski definition) is 1. The predicted molar refractivity (Wildman–Crippen MR) is 57.6 cm³/mol. The van der Waals surface area contributed by atoms with Crippen molar-refractivity contribution in [3.63, 3.8) is 0 Å². The number of aryl methyl sites for hydroxylation is 1. The summed E-state index contributed by atoms with van der Waals surface area (Å²) in [7, 11) is 2.09. The molecule has 1 aromatic rings. The molecule has 3 heteroatoms. The van der Waals surface area contributed by atoms with Crippen LogP contribution in [0.4, 0.5) is 0 Å². The van der Waals surface area contributed by atoms with Gasteiger partial charge in [-0.15, -0.1) is 0 Å². The number of aromatic nitrogens is 1. The van der Waals surface area contributed by atoms with E-state index in [2.05, 4.69) is 45.1 Å². The van der Waals surface area contributed by atoms with E-state index in [0.29, 0.717) is 0 Å². The van der Waals surface area contributed by atoms with Crippen LogP contribution in [-0.4, -0.2) is 10.6 Å². The van der Waals surface area contributed by atoms with Crippen molar-refractivity contribution in [2.24, 2.45) is 7.05 Å². The maximum atomic E-state index is 3.55. The van der Waals surface area contributed by atoms with Gasteiger partial charge in [0.1, 0.15) is 0 Å². The molecule has 2 nitrogen and oxygen atoms in total. The Kier molecular flexibility index (Phi) is 2.74. The highest BCUT2D eigenvalue weighted by Crippen LogP contribution is 2.19. The highest BCUT2D eigenvalue weighted by molar-refractivity contribution is 9.10. The molecule has 1 N–H and O–H groups in total. The lowest BCUT2D eigenvalue weighted by Gasteiger charge is -2.26. The Bertz CT molecular complexity index is 289. The Morgan fingerprint density at radius 1 is 1.62 bits per heavy atom. The predicted octanol–water partition coefficient (Wildman–Crippen LogP) is 2.43. The number of halogens is 1. The van der Waals surface area contributed by atoms with Crippen LogP contribution in [-0.2, 0) is 13.6 Å². The largest absolute Gasteiger partial charge is 0.352 e. The van der Waals surface area contributed by atoms with E-state index in [9.17, 15) is 0 Å². The van der Waals surface area contributed by atoms with Gasteiger partial charge in [0.2, 0.25) is 0 Å². The standard InChI is InChI=1S/C10H15BrN2/c1-13-7-8(11)5-10(13)6-12-9-3-2-4-9/h5,7,9,12H,2-4,6H2,1H3. The molecule has 72 valence electrons. The first-order valence-electron chi connectivity index (χ1n) is 4.80. The fraction of sp³-hybridized carbons (Fsp3) is 0.600. The maximum absolute atomic E-state index is 3.55. The zero-order valence-electron chi connectivity index (χ0n) is 7.89. The second-order valence-electron chi connectivity index (χ2n) is 3.77. The molecule has 0 unspecified atom stereocenters. The molecule has 1 aliphatic rings. The molecule has 1 saturated carbocycles. The molecule has 2 rings (SSSR count). The van der Waals surface area contributed by atoms with Gasteiger partial charge in [-0.25, -0.2) is 0 Å². The zero-order chi connectivity index (χ0) is 9.26. The molecule has 1 fully saturated rings. The zero-order valence-corrected chi connectivity index (χ0v) is 9.47. The van der Waals surface area contributed by atoms with E-state index in [0.717, 1.165) is 12.6 Å². The summed E-state index contributed by atoms with van der Waals surface area (Å²) < 4.78 is 3.33. The van der Waals surface area contributed by atoms with Gasteiger partial charge in [0.25, 0.3) is 0 Å². The Morgan fingerprint density at radius 2 is 2.38 bits per heavy atom. The van der Waals surface area contributed by atoms with Crippen LogP contribution in [0.1, 0.15) is 25.0 Å². The van der Waals surface area contributed by atoms with Gasteiger partial charge in [-0.3, -0.25) is 0 Å². The van der Waals surface area contributed by atoms with Crippen LogP contribution in [0.25, 0.3) is 0 Å². The molecule has 0 radical (unpaired) electrons. The van der Waals surface area contributed by atoms with Gasteiger partial charge >= 0.3 is 0 Å². The fourth-order valence-corrected chi connectivity index (χ4v) is 2.17. The molecule has 0 atom stereocenters. The van der Waals surface area contributed by atoms with Crippen molar-refractivity contribution in [1.29, 1.82) is 0 Å². The quantitative estimate of drug-likeness (QED) is 0.862. The van der Waals surface area contributed by atoms with E-state index in [-0.39, 0.29) is 0 Å². The summed E-state index contributed by atoms with van der Waals surface area (Å²) in [6.45, 7) is 0.993. The maximum Gasteiger partial charge on any atom is 0.0361 e. The van der Waals surface area contributed by atoms with Crippen molar-refractivity contribution in [2.75, 3.05) is 0 Å². The van der Waals surface area contributed by atoms with Crippen LogP contribution in [0.5, 0.6) is 0 Å². The minimum atomic E-state index is 0.772. The van der Waals surface area contributed by atoms with E-state index < -0.39 is 0 Å². The lowest BCUT2D eigenvalue weighted by Crippen LogP contribution is -2.34. The summed E-state index contributed by atoms with van der Waals surface area (Å²) in [6, 6.07) is 2.94. The average molecular weight is 243 g/mol. The van der Waals surface area contributed by atoms with E-state index in [1.165, 1.54) is 29.4 Å². The molecule has 1 aromatic heterocycles. The third-order valence-electron chi connectivity index (χ3n) is 2.75. The Hall–Kier alpha value is -0.280. The summed E-state index contributed by atoms with van der Waals surface area (Å²) >= 11 is 3.47. The molecular weight excluding hydrogens is 228 g/mol. The van der Waals surface area contributed by atoms with Gasteiger partial charge in [0.05, 0.1) is 0 Å². The fourth-order valence-electron chi connectivity index (χ4n) is 1.60. The van der Waals surface area contributed by atoms with E-state index >= 15 is 0 Å². The highest BCUT2D eigenvalue weighted by atomic mass is 79.9. The molecule has 13 heavy (non-hydrogen) atoms. The molecular formula is C10H15BrN2. The van der Waals surface area contributed by atoms with E-state index in [1.54, 1.807) is 0 Å². The Morgan fingerprint density at radius 3 is 2.85 bits per heavy atom. The lowest BCUT2D eigenvalue weighted by molar-refractivity contribution is 0.335. The van der Waals surface area contributed by atoms with Crippen LogP contribution in [0.3, 0.4) is 0 Å². The van der Waals surface area contributed by atoms with Crippen molar-refractivity contribution in [2.45, 2.75) is 31.8 Å². The molecule has 0 aliphatic heterocycles. The van der Waals surface area contributed by atoms with Crippen LogP contribution in [0, 0.1) is 0 Å². The van der Waals surface area contributed by atoms with Crippen molar-refractivity contribution >= 4 is 15.9 Å². The van der Waals surface area contributed by atoms with Gasteiger partial charge < -0.3 is 9.88 Å². The minimum absolute atomic E-state index is 0.772. The molecule has 1 heterocycles. The summed E-state index contributed by atoms with van der Waals surface area (Å²) in [5.74, 6) is 0. The van der Waals surface area contributed by atoms with Crippen molar-refractivity contribution in [1.82, 2.24) is 9.88 Å².